The summed E-state index contributed by atoms with van der Waals surface area (Å²) in [6.07, 6.45) is 8.46. The second kappa shape index (κ2) is 6.24. The van der Waals surface area contributed by atoms with Crippen molar-refractivity contribution in [3.05, 3.63) is 59.8 Å². The summed E-state index contributed by atoms with van der Waals surface area (Å²) in [6.45, 7) is 1.38. The van der Waals surface area contributed by atoms with Gasteiger partial charge in [-0.3, -0.25) is 4.79 Å². The van der Waals surface area contributed by atoms with E-state index < -0.39 is 0 Å². The summed E-state index contributed by atoms with van der Waals surface area (Å²) < 4.78 is 6.34. The maximum Gasteiger partial charge on any atom is 0.254 e. The first-order valence-corrected chi connectivity index (χ1v) is 8.63. The highest BCUT2D eigenvalue weighted by molar-refractivity contribution is 5.94. The second-order valence-corrected chi connectivity index (χ2v) is 6.65. The van der Waals surface area contributed by atoms with E-state index in [0.717, 1.165) is 37.1 Å². The van der Waals surface area contributed by atoms with Crippen LogP contribution in [0.25, 0.3) is 6.08 Å². The van der Waals surface area contributed by atoms with Gasteiger partial charge in [-0.1, -0.05) is 24.3 Å². The number of para-hydroxylation sites is 1. The van der Waals surface area contributed by atoms with Crippen molar-refractivity contribution in [3.8, 4) is 5.75 Å². The van der Waals surface area contributed by atoms with E-state index in [4.69, 9.17) is 10.5 Å². The maximum atomic E-state index is 12.8. The Morgan fingerprint density at radius 2 is 2.08 bits per heavy atom. The number of aromatic nitrogens is 1. The van der Waals surface area contributed by atoms with E-state index in [1.165, 1.54) is 0 Å². The highest BCUT2D eigenvalue weighted by Crippen LogP contribution is 2.37. The predicted molar refractivity (Wildman–Crippen MR) is 97.2 cm³/mol. The zero-order chi connectivity index (χ0) is 17.3. The average Bonchev–Trinajstić information content (AvgIpc) is 2.84. The molecule has 25 heavy (non-hydrogen) atoms. The SMILES string of the molecule is Nc1cc(C(=O)N2CCC[C@@]3(C=Cc4ccccc4O3)CC2)ccn1. The van der Waals surface area contributed by atoms with E-state index in [1.54, 1.807) is 18.3 Å². The minimum absolute atomic E-state index is 0.00587. The number of carbonyl (C=O) groups is 1. The lowest BCUT2D eigenvalue weighted by Crippen LogP contribution is -2.38. The molecule has 0 aliphatic carbocycles. The maximum absolute atomic E-state index is 12.8. The minimum Gasteiger partial charge on any atom is -0.483 e. The van der Waals surface area contributed by atoms with Gasteiger partial charge in [0, 0.05) is 36.8 Å². The molecule has 0 bridgehead atoms. The predicted octanol–water partition coefficient (Wildman–Crippen LogP) is 3.13. The van der Waals surface area contributed by atoms with Gasteiger partial charge in [0.1, 0.15) is 17.2 Å². The van der Waals surface area contributed by atoms with E-state index in [9.17, 15) is 4.79 Å². The number of fused-ring (bicyclic) bond motifs is 1. The van der Waals surface area contributed by atoms with Crippen molar-refractivity contribution in [1.29, 1.82) is 0 Å². The lowest BCUT2D eigenvalue weighted by molar-refractivity contribution is 0.0730. The fourth-order valence-corrected chi connectivity index (χ4v) is 3.57. The van der Waals surface area contributed by atoms with Crippen molar-refractivity contribution >= 4 is 17.8 Å². The van der Waals surface area contributed by atoms with Gasteiger partial charge in [-0.15, -0.1) is 0 Å². The van der Waals surface area contributed by atoms with Crippen LogP contribution in [-0.2, 0) is 0 Å². The van der Waals surface area contributed by atoms with Crippen LogP contribution in [0.3, 0.4) is 0 Å². The molecule has 1 atom stereocenters. The monoisotopic (exact) mass is 335 g/mol. The molecular weight excluding hydrogens is 314 g/mol. The molecule has 2 aromatic rings. The Bertz CT molecular complexity index is 833. The van der Waals surface area contributed by atoms with Crippen LogP contribution in [0.4, 0.5) is 5.82 Å². The molecule has 3 heterocycles. The molecule has 2 N–H and O–H groups in total. The van der Waals surface area contributed by atoms with Crippen LogP contribution in [0.1, 0.15) is 35.2 Å². The van der Waals surface area contributed by atoms with Crippen molar-refractivity contribution in [3.63, 3.8) is 0 Å². The molecule has 1 aromatic carbocycles. The van der Waals surface area contributed by atoms with Crippen LogP contribution < -0.4 is 10.5 Å². The number of carbonyl (C=O) groups excluding carboxylic acids is 1. The number of amides is 1. The first-order chi connectivity index (χ1) is 12.2. The summed E-state index contributed by atoms with van der Waals surface area (Å²) in [5.41, 5.74) is 7.08. The first kappa shape index (κ1) is 15.7. The van der Waals surface area contributed by atoms with Gasteiger partial charge in [0.2, 0.25) is 0 Å². The fraction of sp³-hybridized carbons (Fsp3) is 0.300. The standard InChI is InChI=1S/C20H21N3O2/c21-18-14-16(7-11-22-18)19(24)23-12-3-8-20(10-13-23)9-6-15-4-1-2-5-17(15)25-20/h1-2,4-7,9,11,14H,3,8,10,12-13H2,(H2,21,22)/t20-/m1/s1. The van der Waals surface area contributed by atoms with Gasteiger partial charge in [0.05, 0.1) is 0 Å². The molecule has 1 spiro atoms. The summed E-state index contributed by atoms with van der Waals surface area (Å²) in [5.74, 6) is 1.30. The van der Waals surface area contributed by atoms with Gasteiger partial charge in [0.25, 0.3) is 5.91 Å². The fourth-order valence-electron chi connectivity index (χ4n) is 3.57. The number of nitrogens with two attached hydrogens (primary N) is 1. The Morgan fingerprint density at radius 1 is 1.20 bits per heavy atom. The summed E-state index contributed by atoms with van der Waals surface area (Å²) >= 11 is 0. The van der Waals surface area contributed by atoms with E-state index >= 15 is 0 Å². The average molecular weight is 335 g/mol. The molecule has 2 aliphatic rings. The molecule has 1 saturated heterocycles. The first-order valence-electron chi connectivity index (χ1n) is 8.63. The topological polar surface area (TPSA) is 68.5 Å². The van der Waals surface area contributed by atoms with Crippen LogP contribution in [0.5, 0.6) is 5.75 Å². The number of ether oxygens (including phenoxy) is 1. The number of rotatable bonds is 1. The Kier molecular flexibility index (Phi) is 3.92. The third-order valence-corrected chi connectivity index (χ3v) is 4.95. The van der Waals surface area contributed by atoms with Gasteiger partial charge in [0.15, 0.2) is 0 Å². The number of hydrogen-bond acceptors (Lipinski definition) is 4. The van der Waals surface area contributed by atoms with Crippen LogP contribution >= 0.6 is 0 Å². The normalized spacial score (nSPS) is 22.2. The van der Waals surface area contributed by atoms with Gasteiger partial charge >= 0.3 is 0 Å². The highest BCUT2D eigenvalue weighted by Gasteiger charge is 2.35. The molecule has 0 saturated carbocycles. The third-order valence-electron chi connectivity index (χ3n) is 4.95. The van der Waals surface area contributed by atoms with Crippen LogP contribution in [0.15, 0.2) is 48.7 Å². The van der Waals surface area contributed by atoms with Gasteiger partial charge in [-0.05, 0) is 37.1 Å². The minimum atomic E-state index is -0.319. The number of benzene rings is 1. The van der Waals surface area contributed by atoms with E-state index in [-0.39, 0.29) is 11.5 Å². The second-order valence-electron chi connectivity index (χ2n) is 6.65. The molecule has 4 rings (SSSR count). The Morgan fingerprint density at radius 3 is 2.96 bits per heavy atom. The number of nitrogen functional groups attached to an aromatic ring is 1. The largest absolute Gasteiger partial charge is 0.483 e. The van der Waals surface area contributed by atoms with Crippen molar-refractivity contribution in [2.24, 2.45) is 0 Å². The smallest absolute Gasteiger partial charge is 0.254 e. The highest BCUT2D eigenvalue weighted by atomic mass is 16.5. The molecule has 0 radical (unpaired) electrons. The van der Waals surface area contributed by atoms with Gasteiger partial charge < -0.3 is 15.4 Å². The van der Waals surface area contributed by atoms with Gasteiger partial charge in [-0.25, -0.2) is 4.98 Å². The van der Waals surface area contributed by atoms with Crippen LogP contribution in [-0.4, -0.2) is 34.5 Å². The van der Waals surface area contributed by atoms with Crippen LogP contribution in [0, 0.1) is 0 Å². The van der Waals surface area contributed by atoms with E-state index in [2.05, 4.69) is 23.2 Å². The van der Waals surface area contributed by atoms with Crippen LogP contribution in [0.2, 0.25) is 0 Å². The van der Waals surface area contributed by atoms with Gasteiger partial charge in [-0.2, -0.15) is 0 Å². The summed E-state index contributed by atoms with van der Waals surface area (Å²) in [4.78, 5) is 18.6. The molecule has 128 valence electrons. The molecule has 1 fully saturated rings. The molecule has 5 nitrogen and oxygen atoms in total. The lowest BCUT2D eigenvalue weighted by atomic mass is 9.91. The number of pyridine rings is 1. The van der Waals surface area contributed by atoms with E-state index in [0.29, 0.717) is 17.9 Å². The molecule has 5 heteroatoms. The molecule has 0 unspecified atom stereocenters. The number of hydrogen-bond donors (Lipinski definition) is 1. The quantitative estimate of drug-likeness (QED) is 0.869. The molecule has 1 aromatic heterocycles. The Balaban J connectivity index is 1.51. The lowest BCUT2D eigenvalue weighted by Gasteiger charge is -2.34. The Hall–Kier alpha value is -2.82. The summed E-state index contributed by atoms with van der Waals surface area (Å²) in [6, 6.07) is 11.4. The number of likely N-dealkylation sites (tertiary alicyclic amines) is 1. The number of nitrogens with zero attached hydrogens (tertiary/aromatic N) is 2. The summed E-state index contributed by atoms with van der Waals surface area (Å²) in [5, 5.41) is 0. The molecule has 1 amide bonds. The zero-order valence-electron chi connectivity index (χ0n) is 14.0. The zero-order valence-corrected chi connectivity index (χ0v) is 14.0. The third kappa shape index (κ3) is 3.09. The van der Waals surface area contributed by atoms with Crippen molar-refractivity contribution < 1.29 is 9.53 Å². The van der Waals surface area contributed by atoms with Crippen molar-refractivity contribution in [1.82, 2.24) is 9.88 Å². The van der Waals surface area contributed by atoms with E-state index in [1.807, 2.05) is 23.1 Å². The molecular formula is C20H21N3O2. The molecule has 2 aliphatic heterocycles. The summed E-state index contributed by atoms with van der Waals surface area (Å²) in [7, 11) is 0. The van der Waals surface area contributed by atoms with Crippen molar-refractivity contribution in [2.75, 3.05) is 18.8 Å². The number of anilines is 1. The Labute approximate surface area is 147 Å². The van der Waals surface area contributed by atoms with Crippen molar-refractivity contribution in [2.45, 2.75) is 24.9 Å².